The van der Waals surface area contributed by atoms with E-state index in [9.17, 15) is 13.6 Å². The number of carbonyl (C=O) groups is 1. The van der Waals surface area contributed by atoms with E-state index in [4.69, 9.17) is 4.52 Å². The van der Waals surface area contributed by atoms with E-state index in [1.807, 2.05) is 0 Å². The topological polar surface area (TPSA) is 80.9 Å². The normalized spacial score (nSPS) is 10.6. The summed E-state index contributed by atoms with van der Waals surface area (Å²) in [4.78, 5) is 19.6. The van der Waals surface area contributed by atoms with Gasteiger partial charge in [0, 0.05) is 12.4 Å². The van der Waals surface area contributed by atoms with Gasteiger partial charge >= 0.3 is 0 Å². The van der Waals surface area contributed by atoms with Crippen LogP contribution in [0.25, 0.3) is 11.5 Å². The molecule has 2 heterocycles. The monoisotopic (exact) mass is 330 g/mol. The molecule has 0 saturated carbocycles. The van der Waals surface area contributed by atoms with Crippen molar-refractivity contribution in [1.29, 1.82) is 0 Å². The molecule has 122 valence electrons. The third-order valence-electron chi connectivity index (χ3n) is 3.18. The van der Waals surface area contributed by atoms with E-state index in [1.54, 1.807) is 24.5 Å². The summed E-state index contributed by atoms with van der Waals surface area (Å²) in [6.45, 7) is -0.0152. The Bertz CT molecular complexity index is 832. The first kappa shape index (κ1) is 15.7. The van der Waals surface area contributed by atoms with Crippen molar-refractivity contribution in [2.75, 3.05) is 0 Å². The van der Waals surface area contributed by atoms with E-state index in [1.165, 1.54) is 6.07 Å². The van der Waals surface area contributed by atoms with Crippen molar-refractivity contribution in [2.45, 2.75) is 13.0 Å². The molecule has 3 aromatic rings. The van der Waals surface area contributed by atoms with E-state index in [0.29, 0.717) is 0 Å². The predicted molar refractivity (Wildman–Crippen MR) is 79.4 cm³/mol. The molecule has 0 radical (unpaired) electrons. The number of rotatable bonds is 5. The Morgan fingerprint density at radius 1 is 1.17 bits per heavy atom. The highest BCUT2D eigenvalue weighted by molar-refractivity contribution is 5.78. The molecule has 0 aliphatic heterocycles. The van der Waals surface area contributed by atoms with Crippen molar-refractivity contribution in [2.24, 2.45) is 0 Å². The lowest BCUT2D eigenvalue weighted by atomic mass is 10.2. The first-order valence-electron chi connectivity index (χ1n) is 7.06. The quantitative estimate of drug-likeness (QED) is 0.776. The first-order valence-corrected chi connectivity index (χ1v) is 7.06. The van der Waals surface area contributed by atoms with E-state index < -0.39 is 17.2 Å². The van der Waals surface area contributed by atoms with Gasteiger partial charge in [0.25, 0.3) is 5.89 Å². The lowest BCUT2D eigenvalue weighted by Crippen LogP contribution is -2.25. The van der Waals surface area contributed by atoms with Gasteiger partial charge in [0.15, 0.2) is 5.82 Å². The summed E-state index contributed by atoms with van der Waals surface area (Å²) >= 11 is 0. The van der Waals surface area contributed by atoms with Crippen molar-refractivity contribution in [1.82, 2.24) is 20.4 Å². The highest BCUT2D eigenvalue weighted by Gasteiger charge is 2.18. The van der Waals surface area contributed by atoms with Crippen molar-refractivity contribution in [3.63, 3.8) is 0 Å². The van der Waals surface area contributed by atoms with E-state index in [0.717, 1.165) is 17.7 Å². The van der Waals surface area contributed by atoms with Crippen LogP contribution in [0.15, 0.2) is 47.2 Å². The Hall–Kier alpha value is -3.16. The van der Waals surface area contributed by atoms with Crippen LogP contribution in [0.4, 0.5) is 8.78 Å². The van der Waals surface area contributed by atoms with Crippen molar-refractivity contribution in [3.05, 3.63) is 65.7 Å². The molecule has 0 bridgehead atoms. The van der Waals surface area contributed by atoms with Gasteiger partial charge in [0.05, 0.1) is 13.0 Å². The average Bonchev–Trinajstić information content (AvgIpc) is 3.02. The van der Waals surface area contributed by atoms with E-state index in [-0.39, 0.29) is 30.6 Å². The number of pyridine rings is 1. The largest absolute Gasteiger partial charge is 0.348 e. The lowest BCUT2D eigenvalue weighted by molar-refractivity contribution is -0.120. The van der Waals surface area contributed by atoms with Crippen LogP contribution >= 0.6 is 0 Å². The lowest BCUT2D eigenvalue weighted by Gasteiger charge is -2.02. The minimum Gasteiger partial charge on any atom is -0.348 e. The van der Waals surface area contributed by atoms with Crippen molar-refractivity contribution in [3.8, 4) is 11.5 Å². The van der Waals surface area contributed by atoms with Gasteiger partial charge in [-0.15, -0.1) is 0 Å². The number of carbonyl (C=O) groups excluding carboxylic acids is 1. The highest BCUT2D eigenvalue weighted by atomic mass is 19.1. The van der Waals surface area contributed by atoms with Crippen molar-refractivity contribution >= 4 is 5.91 Å². The summed E-state index contributed by atoms with van der Waals surface area (Å²) in [6.07, 6.45) is 3.36. The van der Waals surface area contributed by atoms with Crippen LogP contribution in [0.1, 0.15) is 11.4 Å². The third kappa shape index (κ3) is 3.60. The standard InChI is InChI=1S/C16H12F2N4O2/c17-11-4-1-5-12(18)15(11)16-21-13(22-24-16)9-20-14(23)7-10-3-2-6-19-8-10/h1-6,8H,7,9H2,(H,20,23). The molecule has 1 N–H and O–H groups in total. The average molecular weight is 330 g/mol. The second-order valence-corrected chi connectivity index (χ2v) is 4.93. The summed E-state index contributed by atoms with van der Waals surface area (Å²) < 4.78 is 32.2. The second kappa shape index (κ2) is 6.95. The molecule has 3 rings (SSSR count). The number of nitrogens with zero attached hydrogens (tertiary/aromatic N) is 3. The molecule has 1 aromatic carbocycles. The van der Waals surface area contributed by atoms with E-state index in [2.05, 4.69) is 20.4 Å². The minimum atomic E-state index is -0.800. The molecule has 8 heteroatoms. The van der Waals surface area contributed by atoms with Gasteiger partial charge in [-0.25, -0.2) is 8.78 Å². The molecule has 0 aliphatic carbocycles. The Kier molecular flexibility index (Phi) is 4.55. The van der Waals surface area contributed by atoms with E-state index >= 15 is 0 Å². The summed E-state index contributed by atoms with van der Waals surface area (Å²) in [5.41, 5.74) is 0.371. The number of aromatic nitrogens is 3. The molecule has 24 heavy (non-hydrogen) atoms. The fraction of sp³-hybridized carbons (Fsp3) is 0.125. The Morgan fingerprint density at radius 2 is 1.96 bits per heavy atom. The summed E-state index contributed by atoms with van der Waals surface area (Å²) in [6, 6.07) is 6.94. The molecular formula is C16H12F2N4O2. The van der Waals surface area contributed by atoms with Gasteiger partial charge in [-0.1, -0.05) is 17.3 Å². The van der Waals surface area contributed by atoms with Crippen LogP contribution in [-0.2, 0) is 17.8 Å². The second-order valence-electron chi connectivity index (χ2n) is 4.93. The molecule has 0 fully saturated rings. The molecule has 0 saturated heterocycles. The van der Waals surface area contributed by atoms with Crippen LogP contribution in [-0.4, -0.2) is 21.0 Å². The Labute approximate surface area is 135 Å². The molecule has 6 nitrogen and oxygen atoms in total. The first-order chi connectivity index (χ1) is 11.6. The molecule has 0 aliphatic rings. The fourth-order valence-corrected chi connectivity index (χ4v) is 2.06. The number of hydrogen-bond acceptors (Lipinski definition) is 5. The van der Waals surface area contributed by atoms with Gasteiger partial charge in [0.1, 0.15) is 17.2 Å². The molecule has 0 atom stereocenters. The predicted octanol–water partition coefficient (Wildman–Crippen LogP) is 2.27. The Balaban J connectivity index is 1.63. The van der Waals surface area contributed by atoms with Gasteiger partial charge < -0.3 is 9.84 Å². The van der Waals surface area contributed by atoms with Gasteiger partial charge in [0.2, 0.25) is 5.91 Å². The van der Waals surface area contributed by atoms with Crippen LogP contribution in [0.5, 0.6) is 0 Å². The highest BCUT2D eigenvalue weighted by Crippen LogP contribution is 2.24. The third-order valence-corrected chi connectivity index (χ3v) is 3.18. The molecule has 0 unspecified atom stereocenters. The molecule has 2 aromatic heterocycles. The molecule has 1 amide bonds. The smallest absolute Gasteiger partial charge is 0.263 e. The maximum Gasteiger partial charge on any atom is 0.263 e. The number of nitrogens with one attached hydrogen (secondary N) is 1. The minimum absolute atomic E-state index is 0.0152. The maximum atomic E-state index is 13.7. The zero-order valence-electron chi connectivity index (χ0n) is 12.4. The van der Waals surface area contributed by atoms with Crippen LogP contribution in [0, 0.1) is 11.6 Å². The van der Waals surface area contributed by atoms with Gasteiger partial charge in [-0.2, -0.15) is 4.98 Å². The molecular weight excluding hydrogens is 318 g/mol. The van der Waals surface area contributed by atoms with Crippen LogP contribution in [0.2, 0.25) is 0 Å². The van der Waals surface area contributed by atoms with Crippen LogP contribution < -0.4 is 5.32 Å². The summed E-state index contributed by atoms with van der Waals surface area (Å²) in [5.74, 6) is -2.02. The molecule has 0 spiro atoms. The zero-order valence-corrected chi connectivity index (χ0v) is 12.4. The SMILES string of the molecule is O=C(Cc1cccnc1)NCc1noc(-c2c(F)cccc2F)n1. The van der Waals surface area contributed by atoms with Gasteiger partial charge in [-0.05, 0) is 23.8 Å². The number of hydrogen-bond donors (Lipinski definition) is 1. The number of halogens is 2. The van der Waals surface area contributed by atoms with Crippen molar-refractivity contribution < 1.29 is 18.1 Å². The van der Waals surface area contributed by atoms with Crippen LogP contribution in [0.3, 0.4) is 0 Å². The summed E-state index contributed by atoms with van der Waals surface area (Å²) in [7, 11) is 0. The maximum absolute atomic E-state index is 13.7. The number of amides is 1. The number of benzene rings is 1. The zero-order chi connectivity index (χ0) is 16.9. The Morgan fingerprint density at radius 3 is 2.67 bits per heavy atom. The fourth-order valence-electron chi connectivity index (χ4n) is 2.06. The summed E-state index contributed by atoms with van der Waals surface area (Å²) in [5, 5.41) is 6.21. The van der Waals surface area contributed by atoms with Gasteiger partial charge in [-0.3, -0.25) is 9.78 Å².